The Morgan fingerprint density at radius 3 is 2.52 bits per heavy atom. The zero-order chi connectivity index (χ0) is 22.0. The number of piperidine rings is 1. The third-order valence-electron chi connectivity index (χ3n) is 7.03. The Kier molecular flexibility index (Phi) is 6.42. The molecule has 0 radical (unpaired) electrons. The van der Waals surface area contributed by atoms with Crippen LogP contribution >= 0.6 is 0 Å². The lowest BCUT2D eigenvalue weighted by atomic mass is 9.75. The number of carbonyl (C=O) groups is 1. The molecule has 1 amide bonds. The van der Waals surface area contributed by atoms with Crippen LogP contribution in [0.15, 0.2) is 42.6 Å². The molecule has 0 N–H and O–H groups in total. The maximum absolute atomic E-state index is 13.6. The molecule has 1 spiro atoms. The van der Waals surface area contributed by atoms with Crippen molar-refractivity contribution in [2.45, 2.75) is 59.0 Å². The van der Waals surface area contributed by atoms with Crippen LogP contribution in [0, 0.1) is 24.1 Å². The number of hydrogen-bond acceptors (Lipinski definition) is 3. The summed E-state index contributed by atoms with van der Waals surface area (Å²) in [6, 6.07) is 11.0. The van der Waals surface area contributed by atoms with Gasteiger partial charge in [-0.2, -0.15) is 0 Å². The van der Waals surface area contributed by atoms with Gasteiger partial charge in [-0.15, -0.1) is 0 Å². The smallest absolute Gasteiger partial charge is 0.229 e. The van der Waals surface area contributed by atoms with Gasteiger partial charge in [0.2, 0.25) is 5.91 Å². The lowest BCUT2D eigenvalue weighted by Gasteiger charge is -2.38. The van der Waals surface area contributed by atoms with Crippen molar-refractivity contribution >= 4 is 5.91 Å². The van der Waals surface area contributed by atoms with E-state index >= 15 is 0 Å². The standard InChI is InChI=1S/C26H34FN3O/c1-19(2)17-30-23(15-21-6-8-22(27)9-7-21)16-26(25(30)31)10-13-29(14-11-26)18-24-20(3)5-4-12-28-24/h4-9,12,19,23H,10-11,13-18H2,1-3H3. The zero-order valence-electron chi connectivity index (χ0n) is 19.0. The van der Waals surface area contributed by atoms with Crippen LogP contribution in [0.25, 0.3) is 0 Å². The summed E-state index contributed by atoms with van der Waals surface area (Å²) in [4.78, 5) is 22.7. The molecule has 2 saturated heterocycles. The maximum atomic E-state index is 13.6. The number of rotatable bonds is 6. The van der Waals surface area contributed by atoms with Crippen molar-refractivity contribution in [1.82, 2.24) is 14.8 Å². The molecule has 4 rings (SSSR count). The van der Waals surface area contributed by atoms with Crippen molar-refractivity contribution in [3.8, 4) is 0 Å². The monoisotopic (exact) mass is 423 g/mol. The Morgan fingerprint density at radius 1 is 1.16 bits per heavy atom. The summed E-state index contributed by atoms with van der Waals surface area (Å²) in [7, 11) is 0. The molecule has 1 aromatic heterocycles. The van der Waals surface area contributed by atoms with E-state index < -0.39 is 0 Å². The van der Waals surface area contributed by atoms with Gasteiger partial charge in [-0.05, 0) is 80.9 Å². The van der Waals surface area contributed by atoms with Crippen LogP contribution in [0.1, 0.15) is 49.9 Å². The molecule has 1 aromatic carbocycles. The van der Waals surface area contributed by atoms with E-state index in [4.69, 9.17) is 0 Å². The Balaban J connectivity index is 1.46. The molecule has 166 valence electrons. The molecule has 4 nitrogen and oxygen atoms in total. The van der Waals surface area contributed by atoms with Crippen LogP contribution in [0.3, 0.4) is 0 Å². The number of aryl methyl sites for hydroxylation is 1. The Bertz CT molecular complexity index is 903. The average Bonchev–Trinajstić information content (AvgIpc) is 2.98. The second-order valence-corrected chi connectivity index (χ2v) is 9.86. The largest absolute Gasteiger partial charge is 0.339 e. The first-order chi connectivity index (χ1) is 14.9. The predicted octanol–water partition coefficient (Wildman–Crippen LogP) is 4.61. The topological polar surface area (TPSA) is 36.4 Å². The van der Waals surface area contributed by atoms with E-state index in [2.05, 4.69) is 41.6 Å². The summed E-state index contributed by atoms with van der Waals surface area (Å²) < 4.78 is 13.3. The SMILES string of the molecule is Cc1cccnc1CN1CCC2(CC1)CC(Cc1ccc(F)cc1)N(CC(C)C)C2=O. The number of pyridine rings is 1. The molecule has 2 aliphatic heterocycles. The summed E-state index contributed by atoms with van der Waals surface area (Å²) in [5, 5.41) is 0. The maximum Gasteiger partial charge on any atom is 0.229 e. The van der Waals surface area contributed by atoms with Crippen molar-refractivity contribution in [1.29, 1.82) is 0 Å². The molecule has 0 saturated carbocycles. The van der Waals surface area contributed by atoms with Gasteiger partial charge in [-0.25, -0.2) is 4.39 Å². The molecule has 2 fully saturated rings. The highest BCUT2D eigenvalue weighted by atomic mass is 19.1. The first-order valence-corrected chi connectivity index (χ1v) is 11.5. The minimum atomic E-state index is -0.241. The number of carbonyl (C=O) groups excluding carboxylic acids is 1. The van der Waals surface area contributed by atoms with E-state index in [-0.39, 0.29) is 17.3 Å². The second-order valence-electron chi connectivity index (χ2n) is 9.86. The summed E-state index contributed by atoms with van der Waals surface area (Å²) in [6.45, 7) is 9.96. The minimum absolute atomic E-state index is 0.199. The molecular weight excluding hydrogens is 389 g/mol. The number of hydrogen-bond donors (Lipinski definition) is 0. The number of nitrogens with zero attached hydrogens (tertiary/aromatic N) is 3. The zero-order valence-corrected chi connectivity index (χ0v) is 19.0. The van der Waals surface area contributed by atoms with Gasteiger partial charge in [0.05, 0.1) is 11.1 Å². The number of aromatic nitrogens is 1. The Labute approximate surface area is 185 Å². The average molecular weight is 424 g/mol. The van der Waals surface area contributed by atoms with Crippen LogP contribution in [0.4, 0.5) is 4.39 Å². The first-order valence-electron chi connectivity index (χ1n) is 11.5. The van der Waals surface area contributed by atoms with Crippen molar-refractivity contribution in [3.05, 3.63) is 65.2 Å². The molecule has 31 heavy (non-hydrogen) atoms. The van der Waals surface area contributed by atoms with Crippen molar-refractivity contribution < 1.29 is 9.18 Å². The van der Waals surface area contributed by atoms with Crippen LogP contribution in [-0.4, -0.2) is 46.4 Å². The van der Waals surface area contributed by atoms with Gasteiger partial charge < -0.3 is 4.90 Å². The number of amides is 1. The number of likely N-dealkylation sites (tertiary alicyclic amines) is 2. The highest BCUT2D eigenvalue weighted by Gasteiger charge is 2.52. The summed E-state index contributed by atoms with van der Waals surface area (Å²) in [5.74, 6) is 0.557. The van der Waals surface area contributed by atoms with E-state index in [1.165, 1.54) is 17.7 Å². The van der Waals surface area contributed by atoms with Gasteiger partial charge in [-0.3, -0.25) is 14.7 Å². The molecule has 3 heterocycles. The molecule has 2 aromatic rings. The van der Waals surface area contributed by atoms with Gasteiger partial charge in [0, 0.05) is 25.3 Å². The summed E-state index contributed by atoms with van der Waals surface area (Å²) >= 11 is 0. The Morgan fingerprint density at radius 2 is 1.87 bits per heavy atom. The summed E-state index contributed by atoms with van der Waals surface area (Å²) in [5.41, 5.74) is 3.22. The van der Waals surface area contributed by atoms with Gasteiger partial charge in [0.1, 0.15) is 5.82 Å². The third-order valence-corrected chi connectivity index (χ3v) is 7.03. The van der Waals surface area contributed by atoms with Crippen molar-refractivity contribution in [3.63, 3.8) is 0 Å². The fourth-order valence-electron chi connectivity index (χ4n) is 5.27. The van der Waals surface area contributed by atoms with E-state index in [0.717, 1.165) is 63.1 Å². The Hall–Kier alpha value is -2.27. The molecule has 1 atom stereocenters. The number of halogens is 1. The highest BCUT2D eigenvalue weighted by molar-refractivity contribution is 5.85. The minimum Gasteiger partial charge on any atom is -0.339 e. The van der Waals surface area contributed by atoms with Crippen LogP contribution < -0.4 is 0 Å². The van der Waals surface area contributed by atoms with Gasteiger partial charge in [0.25, 0.3) is 0 Å². The van der Waals surface area contributed by atoms with E-state index in [0.29, 0.717) is 11.8 Å². The summed E-state index contributed by atoms with van der Waals surface area (Å²) in [6.07, 6.45) is 5.39. The fraction of sp³-hybridized carbons (Fsp3) is 0.538. The molecule has 5 heteroatoms. The molecule has 0 aliphatic carbocycles. The van der Waals surface area contributed by atoms with Crippen LogP contribution in [0.2, 0.25) is 0 Å². The fourth-order valence-corrected chi connectivity index (χ4v) is 5.27. The predicted molar refractivity (Wildman–Crippen MR) is 121 cm³/mol. The number of benzene rings is 1. The van der Waals surface area contributed by atoms with E-state index in [1.807, 2.05) is 24.4 Å². The second kappa shape index (κ2) is 9.07. The van der Waals surface area contributed by atoms with Crippen LogP contribution in [-0.2, 0) is 17.8 Å². The van der Waals surface area contributed by atoms with E-state index in [1.54, 1.807) is 0 Å². The first kappa shape index (κ1) is 21.9. The van der Waals surface area contributed by atoms with Crippen molar-refractivity contribution in [2.24, 2.45) is 11.3 Å². The van der Waals surface area contributed by atoms with Crippen LogP contribution in [0.5, 0.6) is 0 Å². The van der Waals surface area contributed by atoms with Crippen molar-refractivity contribution in [2.75, 3.05) is 19.6 Å². The normalized spacial score (nSPS) is 21.4. The third kappa shape index (κ3) is 4.82. The lowest BCUT2D eigenvalue weighted by molar-refractivity contribution is -0.139. The molecule has 0 bridgehead atoms. The quantitative estimate of drug-likeness (QED) is 0.681. The van der Waals surface area contributed by atoms with Gasteiger partial charge in [-0.1, -0.05) is 32.0 Å². The lowest BCUT2D eigenvalue weighted by Crippen LogP contribution is -2.45. The molecule has 2 aliphatic rings. The highest BCUT2D eigenvalue weighted by Crippen LogP contribution is 2.45. The van der Waals surface area contributed by atoms with Gasteiger partial charge in [0.15, 0.2) is 0 Å². The molecule has 1 unspecified atom stereocenters. The molecular formula is C26H34FN3O. The van der Waals surface area contributed by atoms with Gasteiger partial charge >= 0.3 is 0 Å². The van der Waals surface area contributed by atoms with E-state index in [9.17, 15) is 9.18 Å².